The minimum Gasteiger partial charge on any atom is -0.339 e. The summed E-state index contributed by atoms with van der Waals surface area (Å²) in [5.41, 5.74) is 0.587. The lowest BCUT2D eigenvalue weighted by Gasteiger charge is -2.21. The quantitative estimate of drug-likeness (QED) is 0.823. The van der Waals surface area contributed by atoms with Gasteiger partial charge in [-0.25, -0.2) is 0 Å². The van der Waals surface area contributed by atoms with E-state index >= 15 is 0 Å². The average Bonchev–Trinajstić information content (AvgIpc) is 3.13. The molecule has 1 saturated carbocycles. The highest BCUT2D eigenvalue weighted by Crippen LogP contribution is 2.31. The number of benzene rings is 1. The van der Waals surface area contributed by atoms with Gasteiger partial charge in [0.15, 0.2) is 0 Å². The molecule has 1 aromatic carbocycles. The van der Waals surface area contributed by atoms with Crippen LogP contribution in [0.5, 0.6) is 0 Å². The van der Waals surface area contributed by atoms with Crippen LogP contribution in [0, 0.1) is 5.92 Å². The summed E-state index contributed by atoms with van der Waals surface area (Å²) < 4.78 is 0.771. The van der Waals surface area contributed by atoms with Gasteiger partial charge < -0.3 is 4.90 Å². The average molecular weight is 317 g/mol. The third-order valence-electron chi connectivity index (χ3n) is 3.03. The summed E-state index contributed by atoms with van der Waals surface area (Å²) in [5.74, 6) is 0.732. The van der Waals surface area contributed by atoms with Gasteiger partial charge in [-0.3, -0.25) is 4.79 Å². The second-order valence-corrected chi connectivity index (χ2v) is 5.62. The monoisotopic (exact) mass is 315 g/mol. The minimum atomic E-state index is 0.0331. The number of rotatable bonds is 4. The topological polar surface area (TPSA) is 20.3 Å². The molecule has 17 heavy (non-hydrogen) atoms. The summed E-state index contributed by atoms with van der Waals surface area (Å²) in [6, 6.07) is 5.47. The number of amides is 1. The molecule has 0 bridgehead atoms. The number of carbonyl (C=O) groups excluding carboxylic acids is 1. The molecule has 0 spiro atoms. The second kappa shape index (κ2) is 5.40. The molecular weight excluding hydrogens is 302 g/mol. The fourth-order valence-corrected chi connectivity index (χ4v) is 2.38. The van der Waals surface area contributed by atoms with Gasteiger partial charge in [-0.2, -0.15) is 0 Å². The zero-order chi connectivity index (χ0) is 12.4. The Morgan fingerprint density at radius 1 is 1.53 bits per heavy atom. The van der Waals surface area contributed by atoms with Crippen LogP contribution in [-0.2, 0) is 0 Å². The van der Waals surface area contributed by atoms with Crippen molar-refractivity contribution in [3.05, 3.63) is 33.3 Å². The fourth-order valence-electron chi connectivity index (χ4n) is 1.81. The van der Waals surface area contributed by atoms with Crippen molar-refractivity contribution < 1.29 is 4.79 Å². The standard InChI is InChI=1S/C13H15BrClNO/c1-2-16(8-9-6-7-9)13(17)10-4-3-5-11(14)12(10)15/h3-5,9H,2,6-8H2,1H3. The first-order valence-electron chi connectivity index (χ1n) is 5.86. The molecule has 0 unspecified atom stereocenters. The molecule has 1 fully saturated rings. The molecule has 1 amide bonds. The van der Waals surface area contributed by atoms with Gasteiger partial charge in [0.05, 0.1) is 10.6 Å². The lowest BCUT2D eigenvalue weighted by molar-refractivity contribution is 0.0757. The van der Waals surface area contributed by atoms with Crippen molar-refractivity contribution in [1.29, 1.82) is 0 Å². The van der Waals surface area contributed by atoms with E-state index in [1.807, 2.05) is 24.0 Å². The van der Waals surface area contributed by atoms with E-state index in [-0.39, 0.29) is 5.91 Å². The van der Waals surface area contributed by atoms with Crippen LogP contribution in [0.25, 0.3) is 0 Å². The van der Waals surface area contributed by atoms with Crippen molar-refractivity contribution in [3.63, 3.8) is 0 Å². The van der Waals surface area contributed by atoms with Crippen LogP contribution in [0.3, 0.4) is 0 Å². The smallest absolute Gasteiger partial charge is 0.255 e. The zero-order valence-electron chi connectivity index (χ0n) is 9.75. The molecule has 0 aromatic heterocycles. The van der Waals surface area contributed by atoms with Crippen molar-refractivity contribution in [1.82, 2.24) is 4.90 Å². The molecule has 0 aliphatic heterocycles. The van der Waals surface area contributed by atoms with Gasteiger partial charge in [-0.1, -0.05) is 17.7 Å². The SMILES string of the molecule is CCN(CC1CC1)C(=O)c1cccc(Br)c1Cl. The van der Waals surface area contributed by atoms with E-state index in [1.54, 1.807) is 6.07 Å². The van der Waals surface area contributed by atoms with Crippen molar-refractivity contribution in [2.75, 3.05) is 13.1 Å². The van der Waals surface area contributed by atoms with Crippen LogP contribution in [0.1, 0.15) is 30.1 Å². The van der Waals surface area contributed by atoms with Crippen LogP contribution < -0.4 is 0 Å². The van der Waals surface area contributed by atoms with E-state index in [1.165, 1.54) is 12.8 Å². The van der Waals surface area contributed by atoms with E-state index < -0.39 is 0 Å². The van der Waals surface area contributed by atoms with Crippen molar-refractivity contribution in [3.8, 4) is 0 Å². The molecule has 1 aromatic rings. The Bertz CT molecular complexity index is 431. The molecule has 2 nitrogen and oxygen atoms in total. The zero-order valence-corrected chi connectivity index (χ0v) is 12.1. The first-order valence-corrected chi connectivity index (χ1v) is 7.03. The van der Waals surface area contributed by atoms with E-state index in [0.29, 0.717) is 16.5 Å². The third-order valence-corrected chi connectivity index (χ3v) is 4.32. The minimum absolute atomic E-state index is 0.0331. The van der Waals surface area contributed by atoms with Gasteiger partial charge in [0.2, 0.25) is 0 Å². The van der Waals surface area contributed by atoms with E-state index in [4.69, 9.17) is 11.6 Å². The molecular formula is C13H15BrClNO. The Balaban J connectivity index is 2.18. The number of hydrogen-bond donors (Lipinski definition) is 0. The largest absolute Gasteiger partial charge is 0.339 e. The number of carbonyl (C=O) groups is 1. The summed E-state index contributed by atoms with van der Waals surface area (Å²) in [4.78, 5) is 14.2. The van der Waals surface area contributed by atoms with Gasteiger partial charge in [-0.05, 0) is 53.7 Å². The van der Waals surface area contributed by atoms with Crippen LogP contribution in [0.2, 0.25) is 5.02 Å². The van der Waals surface area contributed by atoms with Crippen LogP contribution >= 0.6 is 27.5 Å². The summed E-state index contributed by atoms with van der Waals surface area (Å²) >= 11 is 9.49. The molecule has 0 heterocycles. The summed E-state index contributed by atoms with van der Waals surface area (Å²) in [6.45, 7) is 3.60. The van der Waals surface area contributed by atoms with Gasteiger partial charge >= 0.3 is 0 Å². The highest BCUT2D eigenvalue weighted by molar-refractivity contribution is 9.10. The van der Waals surface area contributed by atoms with E-state index in [0.717, 1.165) is 17.6 Å². The Kier molecular flexibility index (Phi) is 4.10. The van der Waals surface area contributed by atoms with Crippen LogP contribution in [0.4, 0.5) is 0 Å². The number of hydrogen-bond acceptors (Lipinski definition) is 1. The maximum absolute atomic E-state index is 12.3. The number of halogens is 2. The first kappa shape index (κ1) is 12.9. The maximum atomic E-state index is 12.3. The summed E-state index contributed by atoms with van der Waals surface area (Å²) in [6.07, 6.45) is 2.49. The Morgan fingerprint density at radius 3 is 2.82 bits per heavy atom. The van der Waals surface area contributed by atoms with Crippen LogP contribution in [0.15, 0.2) is 22.7 Å². The molecule has 0 N–H and O–H groups in total. The molecule has 0 atom stereocenters. The normalized spacial score (nSPS) is 14.8. The Morgan fingerprint density at radius 2 is 2.24 bits per heavy atom. The van der Waals surface area contributed by atoms with E-state index in [9.17, 15) is 4.79 Å². The molecule has 92 valence electrons. The lowest BCUT2D eigenvalue weighted by atomic mass is 10.2. The molecule has 0 radical (unpaired) electrons. The molecule has 1 aliphatic rings. The third kappa shape index (κ3) is 3.02. The Hall–Kier alpha value is -0.540. The van der Waals surface area contributed by atoms with Gasteiger partial charge in [0.1, 0.15) is 0 Å². The molecule has 0 saturated heterocycles. The molecule has 4 heteroatoms. The fraction of sp³-hybridized carbons (Fsp3) is 0.462. The van der Waals surface area contributed by atoms with Gasteiger partial charge in [-0.15, -0.1) is 0 Å². The maximum Gasteiger partial charge on any atom is 0.255 e. The second-order valence-electron chi connectivity index (χ2n) is 4.39. The van der Waals surface area contributed by atoms with Gasteiger partial charge in [0, 0.05) is 17.6 Å². The lowest BCUT2D eigenvalue weighted by Crippen LogP contribution is -2.32. The molecule has 2 rings (SSSR count). The Labute approximate surface area is 115 Å². The predicted molar refractivity (Wildman–Crippen MR) is 73.5 cm³/mol. The molecule has 1 aliphatic carbocycles. The highest BCUT2D eigenvalue weighted by Gasteiger charge is 2.27. The summed E-state index contributed by atoms with van der Waals surface area (Å²) in [7, 11) is 0. The van der Waals surface area contributed by atoms with E-state index in [2.05, 4.69) is 15.9 Å². The van der Waals surface area contributed by atoms with Crippen molar-refractivity contribution in [2.45, 2.75) is 19.8 Å². The summed E-state index contributed by atoms with van der Waals surface area (Å²) in [5, 5.41) is 0.506. The first-order chi connectivity index (χ1) is 8.13. The van der Waals surface area contributed by atoms with Crippen LogP contribution in [-0.4, -0.2) is 23.9 Å². The number of nitrogens with zero attached hydrogens (tertiary/aromatic N) is 1. The highest BCUT2D eigenvalue weighted by atomic mass is 79.9. The predicted octanol–water partition coefficient (Wildman–Crippen LogP) is 3.97. The van der Waals surface area contributed by atoms with Crippen molar-refractivity contribution in [2.24, 2.45) is 5.92 Å². The van der Waals surface area contributed by atoms with Crippen molar-refractivity contribution >= 4 is 33.4 Å². The van der Waals surface area contributed by atoms with Gasteiger partial charge in [0.25, 0.3) is 5.91 Å².